The van der Waals surface area contributed by atoms with Crippen LogP contribution in [0.2, 0.25) is 0 Å². The van der Waals surface area contributed by atoms with E-state index in [1.54, 1.807) is 12.1 Å². The lowest BCUT2D eigenvalue weighted by Gasteiger charge is -2.11. The minimum absolute atomic E-state index is 0.117. The summed E-state index contributed by atoms with van der Waals surface area (Å²) in [7, 11) is 0. The maximum Gasteiger partial charge on any atom is 0.272 e. The van der Waals surface area contributed by atoms with Crippen molar-refractivity contribution < 1.29 is 4.79 Å². The Kier molecular flexibility index (Phi) is 4.71. The van der Waals surface area contributed by atoms with Crippen molar-refractivity contribution in [2.75, 3.05) is 11.9 Å². The highest BCUT2D eigenvalue weighted by molar-refractivity contribution is 5.92. The highest BCUT2D eigenvalue weighted by atomic mass is 16.2. The first-order valence-corrected chi connectivity index (χ1v) is 7.07. The number of hydrogen-bond donors (Lipinski definition) is 2. The van der Waals surface area contributed by atoms with Gasteiger partial charge in [-0.15, -0.1) is 10.2 Å². The smallest absolute Gasteiger partial charge is 0.272 e. The molecule has 2 N–H and O–H groups in total. The van der Waals surface area contributed by atoms with Crippen molar-refractivity contribution in [2.45, 2.75) is 45.6 Å². The van der Waals surface area contributed by atoms with Crippen LogP contribution in [0.4, 0.5) is 5.82 Å². The fourth-order valence-electron chi connectivity index (χ4n) is 2.40. The third kappa shape index (κ3) is 3.91. The number of carbonyl (C=O) groups is 1. The fourth-order valence-corrected chi connectivity index (χ4v) is 2.40. The van der Waals surface area contributed by atoms with Gasteiger partial charge >= 0.3 is 0 Å². The number of amides is 1. The molecule has 1 saturated carbocycles. The van der Waals surface area contributed by atoms with Gasteiger partial charge in [-0.25, -0.2) is 0 Å². The molecule has 1 heterocycles. The zero-order valence-corrected chi connectivity index (χ0v) is 11.6. The van der Waals surface area contributed by atoms with Crippen molar-refractivity contribution in [1.82, 2.24) is 15.5 Å². The molecule has 0 aromatic carbocycles. The molecule has 2 unspecified atom stereocenters. The molecular weight excluding hydrogens is 240 g/mol. The molecule has 104 valence electrons. The highest BCUT2D eigenvalue weighted by Gasteiger charge is 2.23. The summed E-state index contributed by atoms with van der Waals surface area (Å²) in [6.07, 6.45) is 4.35. The van der Waals surface area contributed by atoms with Crippen LogP contribution in [-0.2, 0) is 0 Å². The second-order valence-electron chi connectivity index (χ2n) is 5.32. The second-order valence-corrected chi connectivity index (χ2v) is 5.32. The Morgan fingerprint density at radius 1 is 1.37 bits per heavy atom. The number of rotatable bonds is 5. The zero-order chi connectivity index (χ0) is 13.7. The zero-order valence-electron chi connectivity index (χ0n) is 11.6. The van der Waals surface area contributed by atoms with E-state index in [4.69, 9.17) is 0 Å². The highest BCUT2D eigenvalue weighted by Crippen LogP contribution is 2.24. The van der Waals surface area contributed by atoms with Crippen LogP contribution >= 0.6 is 0 Å². The van der Waals surface area contributed by atoms with Gasteiger partial charge in [-0.05, 0) is 43.7 Å². The summed E-state index contributed by atoms with van der Waals surface area (Å²) in [6.45, 7) is 5.17. The predicted octanol–water partition coefficient (Wildman–Crippen LogP) is 2.22. The van der Waals surface area contributed by atoms with E-state index < -0.39 is 0 Å². The van der Waals surface area contributed by atoms with Crippen LogP contribution < -0.4 is 10.6 Å². The third-order valence-electron chi connectivity index (χ3n) is 3.48. The summed E-state index contributed by atoms with van der Waals surface area (Å²) in [5.74, 6) is 1.30. The molecule has 1 aromatic heterocycles. The van der Waals surface area contributed by atoms with Crippen molar-refractivity contribution in [3.8, 4) is 0 Å². The first kappa shape index (κ1) is 13.8. The normalized spacial score (nSPS) is 22.2. The number of anilines is 1. The summed E-state index contributed by atoms with van der Waals surface area (Å²) in [5, 5.41) is 14.1. The molecule has 5 nitrogen and oxygen atoms in total. The molecule has 1 amide bonds. The van der Waals surface area contributed by atoms with Crippen LogP contribution in [0.5, 0.6) is 0 Å². The van der Waals surface area contributed by atoms with Crippen LogP contribution in [0.25, 0.3) is 0 Å². The van der Waals surface area contributed by atoms with Crippen LogP contribution in [0.3, 0.4) is 0 Å². The molecular formula is C14H22N4O. The largest absolute Gasteiger partial charge is 0.369 e. The van der Waals surface area contributed by atoms with Crippen molar-refractivity contribution >= 4 is 11.7 Å². The fraction of sp³-hybridized carbons (Fsp3) is 0.643. The molecule has 1 aliphatic rings. The summed E-state index contributed by atoms with van der Waals surface area (Å²) in [5.41, 5.74) is 0.390. The monoisotopic (exact) mass is 262 g/mol. The minimum atomic E-state index is -0.117. The molecule has 1 aliphatic carbocycles. The van der Waals surface area contributed by atoms with Crippen LogP contribution in [-0.4, -0.2) is 28.7 Å². The van der Waals surface area contributed by atoms with Crippen molar-refractivity contribution in [3.63, 3.8) is 0 Å². The standard InChI is InChI=1S/C14H22N4O/c1-3-8-15-13-7-6-12(17-18-13)14(19)16-11-5-4-10(2)9-11/h6-7,10-11H,3-5,8-9H2,1-2H3,(H,15,18)(H,16,19). The van der Waals surface area contributed by atoms with Gasteiger partial charge in [0.05, 0.1) is 0 Å². The molecule has 2 rings (SSSR count). The lowest BCUT2D eigenvalue weighted by molar-refractivity contribution is 0.0931. The van der Waals surface area contributed by atoms with E-state index >= 15 is 0 Å². The molecule has 1 aromatic rings. The molecule has 2 atom stereocenters. The minimum Gasteiger partial charge on any atom is -0.369 e. The first-order valence-electron chi connectivity index (χ1n) is 7.07. The van der Waals surface area contributed by atoms with E-state index in [1.165, 1.54) is 6.42 Å². The SMILES string of the molecule is CCCNc1ccc(C(=O)NC2CCC(C)C2)nn1. The number of nitrogens with zero attached hydrogens (tertiary/aromatic N) is 2. The van der Waals surface area contributed by atoms with Crippen LogP contribution in [0, 0.1) is 5.92 Å². The predicted molar refractivity (Wildman–Crippen MR) is 75.1 cm³/mol. The van der Waals surface area contributed by atoms with Gasteiger partial charge in [0.15, 0.2) is 5.69 Å². The van der Waals surface area contributed by atoms with Crippen molar-refractivity contribution in [3.05, 3.63) is 17.8 Å². The Balaban J connectivity index is 1.88. The van der Waals surface area contributed by atoms with Gasteiger partial charge in [-0.2, -0.15) is 0 Å². The lowest BCUT2D eigenvalue weighted by Crippen LogP contribution is -2.33. The summed E-state index contributed by atoms with van der Waals surface area (Å²) in [4.78, 5) is 12.0. The van der Waals surface area contributed by atoms with Gasteiger partial charge < -0.3 is 10.6 Å². The maximum absolute atomic E-state index is 12.0. The summed E-state index contributed by atoms with van der Waals surface area (Å²) >= 11 is 0. The van der Waals surface area contributed by atoms with E-state index in [0.29, 0.717) is 23.5 Å². The average molecular weight is 262 g/mol. The van der Waals surface area contributed by atoms with Gasteiger partial charge in [-0.1, -0.05) is 13.8 Å². The van der Waals surface area contributed by atoms with Gasteiger partial charge in [-0.3, -0.25) is 4.79 Å². The maximum atomic E-state index is 12.0. The quantitative estimate of drug-likeness (QED) is 0.854. The Labute approximate surface area is 114 Å². The van der Waals surface area contributed by atoms with Gasteiger partial charge in [0.2, 0.25) is 0 Å². The Morgan fingerprint density at radius 2 is 2.21 bits per heavy atom. The average Bonchev–Trinajstić information content (AvgIpc) is 2.82. The van der Waals surface area contributed by atoms with Gasteiger partial charge in [0.1, 0.15) is 5.82 Å². The first-order chi connectivity index (χ1) is 9.19. The van der Waals surface area contributed by atoms with Crippen molar-refractivity contribution in [1.29, 1.82) is 0 Å². The van der Waals surface area contributed by atoms with Gasteiger partial charge in [0, 0.05) is 12.6 Å². The van der Waals surface area contributed by atoms with E-state index in [2.05, 4.69) is 34.7 Å². The Morgan fingerprint density at radius 3 is 2.79 bits per heavy atom. The third-order valence-corrected chi connectivity index (χ3v) is 3.48. The summed E-state index contributed by atoms with van der Waals surface area (Å²) < 4.78 is 0. The van der Waals surface area contributed by atoms with E-state index in [0.717, 1.165) is 25.8 Å². The Hall–Kier alpha value is -1.65. The number of nitrogens with one attached hydrogen (secondary N) is 2. The van der Waals surface area contributed by atoms with Crippen LogP contribution in [0.15, 0.2) is 12.1 Å². The van der Waals surface area contributed by atoms with E-state index in [9.17, 15) is 4.79 Å². The molecule has 0 saturated heterocycles. The number of carbonyl (C=O) groups excluding carboxylic acids is 1. The number of aromatic nitrogens is 2. The molecule has 0 radical (unpaired) electrons. The topological polar surface area (TPSA) is 66.9 Å². The molecule has 5 heteroatoms. The summed E-state index contributed by atoms with van der Waals surface area (Å²) in [6, 6.07) is 3.82. The van der Waals surface area contributed by atoms with E-state index in [-0.39, 0.29) is 5.91 Å². The Bertz CT molecular complexity index is 418. The molecule has 0 aliphatic heterocycles. The van der Waals surface area contributed by atoms with Crippen molar-refractivity contribution in [2.24, 2.45) is 5.92 Å². The van der Waals surface area contributed by atoms with E-state index in [1.807, 2.05) is 0 Å². The number of hydrogen-bond acceptors (Lipinski definition) is 4. The second kappa shape index (κ2) is 6.50. The van der Waals surface area contributed by atoms with Gasteiger partial charge in [0.25, 0.3) is 5.91 Å². The molecule has 1 fully saturated rings. The molecule has 0 bridgehead atoms. The lowest BCUT2D eigenvalue weighted by atomic mass is 10.1. The van der Waals surface area contributed by atoms with Crippen LogP contribution in [0.1, 0.15) is 50.0 Å². The molecule has 19 heavy (non-hydrogen) atoms. The molecule has 0 spiro atoms.